The van der Waals surface area contributed by atoms with E-state index in [0.717, 1.165) is 0 Å². The third-order valence-corrected chi connectivity index (χ3v) is 2.46. The molecule has 7 heteroatoms. The molecule has 0 fully saturated rings. The summed E-state index contributed by atoms with van der Waals surface area (Å²) in [6.45, 7) is -0.183. The van der Waals surface area contributed by atoms with Crippen LogP contribution in [0.2, 0.25) is 0 Å². The number of aliphatic hydroxyl groups is 1. The fourth-order valence-electron chi connectivity index (χ4n) is 1.74. The zero-order valence-corrected chi connectivity index (χ0v) is 10.4. The van der Waals surface area contributed by atoms with Crippen molar-refractivity contribution in [1.82, 2.24) is 0 Å². The van der Waals surface area contributed by atoms with Crippen LogP contribution in [0.3, 0.4) is 0 Å². The van der Waals surface area contributed by atoms with Gasteiger partial charge in [0.2, 0.25) is 5.75 Å². The lowest BCUT2D eigenvalue weighted by atomic mass is 10.1. The van der Waals surface area contributed by atoms with Crippen molar-refractivity contribution in [3.63, 3.8) is 0 Å². The van der Waals surface area contributed by atoms with E-state index in [-0.39, 0.29) is 30.2 Å². The topological polar surface area (TPSA) is 91.1 Å². The lowest BCUT2D eigenvalue weighted by Gasteiger charge is -2.15. The van der Waals surface area contributed by atoms with Gasteiger partial charge in [-0.15, -0.1) is 0 Å². The molecule has 0 aliphatic heterocycles. The van der Waals surface area contributed by atoms with E-state index in [1.807, 2.05) is 0 Å². The molecule has 0 radical (unpaired) electrons. The normalized spacial score (nSPS) is 10.0. The number of nitro benzene ring substituents is 1. The predicted octanol–water partition coefficient (Wildman–Crippen LogP) is 1.16. The van der Waals surface area contributed by atoms with Gasteiger partial charge in [0.1, 0.15) is 0 Å². The summed E-state index contributed by atoms with van der Waals surface area (Å²) in [6.07, 6.45) is 0.171. The molecule has 7 nitrogen and oxygen atoms in total. The van der Waals surface area contributed by atoms with Crippen LogP contribution in [0.1, 0.15) is 5.56 Å². The number of benzene rings is 1. The molecule has 1 aromatic rings. The number of methoxy groups -OCH3 is 3. The maximum atomic E-state index is 11.0. The lowest BCUT2D eigenvalue weighted by Crippen LogP contribution is -2.05. The van der Waals surface area contributed by atoms with E-state index in [4.69, 9.17) is 19.3 Å². The summed E-state index contributed by atoms with van der Waals surface area (Å²) < 4.78 is 15.2. The molecule has 0 saturated heterocycles. The summed E-state index contributed by atoms with van der Waals surface area (Å²) in [4.78, 5) is 10.4. The van der Waals surface area contributed by atoms with Gasteiger partial charge in [0.15, 0.2) is 11.5 Å². The third-order valence-electron chi connectivity index (χ3n) is 2.46. The van der Waals surface area contributed by atoms with Crippen LogP contribution in [0.4, 0.5) is 5.69 Å². The first-order chi connectivity index (χ1) is 8.60. The number of aliphatic hydroxyl groups excluding tert-OH is 1. The van der Waals surface area contributed by atoms with Gasteiger partial charge in [-0.3, -0.25) is 10.1 Å². The molecule has 0 spiro atoms. The second kappa shape index (κ2) is 6.06. The summed E-state index contributed by atoms with van der Waals surface area (Å²) in [5, 5.41) is 20.0. The Balaban J connectivity index is 3.57. The van der Waals surface area contributed by atoms with Crippen LogP contribution in [0.15, 0.2) is 6.07 Å². The molecule has 1 aromatic carbocycles. The van der Waals surface area contributed by atoms with Crippen molar-refractivity contribution < 1.29 is 24.2 Å². The number of nitrogens with zero attached hydrogens (tertiary/aromatic N) is 1. The zero-order valence-electron chi connectivity index (χ0n) is 10.4. The lowest BCUT2D eigenvalue weighted by molar-refractivity contribution is -0.385. The van der Waals surface area contributed by atoms with E-state index in [9.17, 15) is 10.1 Å². The summed E-state index contributed by atoms with van der Waals surface area (Å²) in [6, 6.07) is 1.23. The SMILES string of the molecule is COc1cc([N+](=O)[O-])c(OC)c(CCO)c1OC. The van der Waals surface area contributed by atoms with Crippen molar-refractivity contribution >= 4 is 5.69 Å². The van der Waals surface area contributed by atoms with E-state index in [1.165, 1.54) is 27.4 Å². The highest BCUT2D eigenvalue weighted by molar-refractivity contribution is 5.64. The van der Waals surface area contributed by atoms with E-state index in [1.54, 1.807) is 0 Å². The molecule has 0 amide bonds. The van der Waals surface area contributed by atoms with Gasteiger partial charge in [-0.25, -0.2) is 0 Å². The van der Waals surface area contributed by atoms with Crippen molar-refractivity contribution in [1.29, 1.82) is 0 Å². The van der Waals surface area contributed by atoms with Crippen LogP contribution in [0, 0.1) is 10.1 Å². The van der Waals surface area contributed by atoms with E-state index < -0.39 is 4.92 Å². The molecule has 100 valence electrons. The Kier molecular flexibility index (Phi) is 4.73. The van der Waals surface area contributed by atoms with Crippen LogP contribution in [0.25, 0.3) is 0 Å². The molecule has 18 heavy (non-hydrogen) atoms. The fourth-order valence-corrected chi connectivity index (χ4v) is 1.74. The molecule has 0 aromatic heterocycles. The van der Waals surface area contributed by atoms with Gasteiger partial charge in [-0.05, 0) is 0 Å². The van der Waals surface area contributed by atoms with Crippen molar-refractivity contribution in [3.05, 3.63) is 21.7 Å². The first-order valence-corrected chi connectivity index (χ1v) is 5.17. The minimum atomic E-state index is -0.568. The molecule has 0 heterocycles. The van der Waals surface area contributed by atoms with Gasteiger partial charge in [0.25, 0.3) is 0 Å². The maximum absolute atomic E-state index is 11.0. The highest BCUT2D eigenvalue weighted by Crippen LogP contribution is 2.44. The average Bonchev–Trinajstić information content (AvgIpc) is 2.37. The van der Waals surface area contributed by atoms with Gasteiger partial charge < -0.3 is 19.3 Å². The summed E-state index contributed by atoms with van der Waals surface area (Å²) in [5.74, 6) is 0.633. The molecule has 0 atom stereocenters. The third kappa shape index (κ3) is 2.45. The molecular formula is C11H15NO6. The highest BCUT2D eigenvalue weighted by atomic mass is 16.6. The van der Waals surface area contributed by atoms with Crippen LogP contribution >= 0.6 is 0 Å². The molecule has 1 N–H and O–H groups in total. The van der Waals surface area contributed by atoms with Crippen molar-refractivity contribution in [2.75, 3.05) is 27.9 Å². The Bertz CT molecular complexity index is 446. The minimum absolute atomic E-state index is 0.0756. The smallest absolute Gasteiger partial charge is 0.315 e. The quantitative estimate of drug-likeness (QED) is 0.607. The van der Waals surface area contributed by atoms with Crippen LogP contribution in [-0.4, -0.2) is 38.0 Å². The molecule has 0 saturated carbocycles. The summed E-state index contributed by atoms with van der Waals surface area (Å²) in [5.41, 5.74) is 0.187. The second-order valence-electron chi connectivity index (χ2n) is 3.37. The zero-order chi connectivity index (χ0) is 13.7. The van der Waals surface area contributed by atoms with Gasteiger partial charge in [-0.2, -0.15) is 0 Å². The van der Waals surface area contributed by atoms with Crippen LogP contribution in [-0.2, 0) is 6.42 Å². The Hall–Kier alpha value is -2.02. The van der Waals surface area contributed by atoms with Gasteiger partial charge >= 0.3 is 5.69 Å². The number of hydrogen-bond acceptors (Lipinski definition) is 6. The van der Waals surface area contributed by atoms with Crippen LogP contribution < -0.4 is 14.2 Å². The van der Waals surface area contributed by atoms with Gasteiger partial charge in [0.05, 0.1) is 32.3 Å². The number of rotatable bonds is 6. The minimum Gasteiger partial charge on any atom is -0.493 e. The standard InChI is InChI=1S/C11H15NO6/c1-16-9-6-8(12(14)15)10(17-2)7(4-5-13)11(9)18-3/h6,13H,4-5H2,1-3H3. The number of ether oxygens (including phenoxy) is 3. The Morgan fingerprint density at radius 2 is 1.83 bits per heavy atom. The molecule has 0 bridgehead atoms. The Labute approximate surface area is 104 Å². The van der Waals surface area contributed by atoms with E-state index in [2.05, 4.69) is 0 Å². The van der Waals surface area contributed by atoms with Crippen molar-refractivity contribution in [2.24, 2.45) is 0 Å². The highest BCUT2D eigenvalue weighted by Gasteiger charge is 2.26. The van der Waals surface area contributed by atoms with E-state index >= 15 is 0 Å². The van der Waals surface area contributed by atoms with Crippen LogP contribution in [0.5, 0.6) is 17.2 Å². The molecule has 0 unspecified atom stereocenters. The number of nitro groups is 1. The largest absolute Gasteiger partial charge is 0.493 e. The molecule has 0 aliphatic carbocycles. The van der Waals surface area contributed by atoms with Gasteiger partial charge in [0, 0.05) is 18.6 Å². The van der Waals surface area contributed by atoms with Crippen molar-refractivity contribution in [2.45, 2.75) is 6.42 Å². The molecule has 1 rings (SSSR count). The first-order valence-electron chi connectivity index (χ1n) is 5.17. The predicted molar refractivity (Wildman–Crippen MR) is 63.5 cm³/mol. The summed E-state index contributed by atoms with van der Waals surface area (Å²) in [7, 11) is 4.13. The summed E-state index contributed by atoms with van der Waals surface area (Å²) >= 11 is 0. The first kappa shape index (κ1) is 14.0. The monoisotopic (exact) mass is 257 g/mol. The average molecular weight is 257 g/mol. The van der Waals surface area contributed by atoms with Crippen molar-refractivity contribution in [3.8, 4) is 17.2 Å². The Morgan fingerprint density at radius 3 is 2.22 bits per heavy atom. The molecule has 0 aliphatic rings. The fraction of sp³-hybridized carbons (Fsp3) is 0.455. The maximum Gasteiger partial charge on any atom is 0.315 e. The van der Waals surface area contributed by atoms with E-state index in [0.29, 0.717) is 11.3 Å². The Morgan fingerprint density at radius 1 is 1.22 bits per heavy atom. The second-order valence-corrected chi connectivity index (χ2v) is 3.37. The van der Waals surface area contributed by atoms with Gasteiger partial charge in [-0.1, -0.05) is 0 Å². The number of hydrogen-bond donors (Lipinski definition) is 1. The molecular weight excluding hydrogens is 242 g/mol.